The highest BCUT2D eigenvalue weighted by atomic mass is 15.1. The zero-order chi connectivity index (χ0) is 9.19. The van der Waals surface area contributed by atoms with Gasteiger partial charge in [0.2, 0.25) is 0 Å². The third-order valence-electron chi connectivity index (χ3n) is 1.53. The predicted octanol–water partition coefficient (Wildman–Crippen LogP) is -1.19. The van der Waals surface area contributed by atoms with Crippen LogP contribution in [0.1, 0.15) is 0 Å². The van der Waals surface area contributed by atoms with E-state index in [1.165, 1.54) is 0 Å². The van der Waals surface area contributed by atoms with E-state index < -0.39 is 0 Å². The Morgan fingerprint density at radius 2 is 1.23 bits per heavy atom. The minimum atomic E-state index is 0.789. The van der Waals surface area contributed by atoms with Crippen molar-refractivity contribution in [2.75, 3.05) is 26.4 Å². The molecule has 0 aromatic heterocycles. The first-order valence-corrected chi connectivity index (χ1v) is 4.44. The Kier molecular flexibility index (Phi) is 5.66. The van der Waals surface area contributed by atoms with Crippen LogP contribution in [0.15, 0.2) is 24.8 Å². The number of rotatable bonds is 0. The summed E-state index contributed by atoms with van der Waals surface area (Å²) in [7, 11) is 0. The molecule has 0 aromatic rings. The summed E-state index contributed by atoms with van der Waals surface area (Å²) in [6, 6.07) is 0. The van der Waals surface area contributed by atoms with Crippen molar-refractivity contribution in [1.82, 2.24) is 26.6 Å². The standard InChI is InChI=1S/C8H17N5/c1-3-10-7-12-5-6-13-8-11-4-2-9-1/h1-4,9-13H,5-8H2/b3-1-,4-2+. The van der Waals surface area contributed by atoms with Crippen LogP contribution in [0.2, 0.25) is 0 Å². The molecule has 1 aliphatic heterocycles. The summed E-state index contributed by atoms with van der Waals surface area (Å²) in [6.07, 6.45) is 7.40. The van der Waals surface area contributed by atoms with Crippen molar-refractivity contribution >= 4 is 0 Å². The maximum atomic E-state index is 3.22. The Morgan fingerprint density at radius 1 is 0.692 bits per heavy atom. The van der Waals surface area contributed by atoms with Gasteiger partial charge >= 0.3 is 0 Å². The van der Waals surface area contributed by atoms with Crippen molar-refractivity contribution in [2.24, 2.45) is 0 Å². The van der Waals surface area contributed by atoms with Crippen molar-refractivity contribution in [2.45, 2.75) is 0 Å². The van der Waals surface area contributed by atoms with E-state index in [9.17, 15) is 0 Å². The monoisotopic (exact) mass is 183 g/mol. The fraction of sp³-hybridized carbons (Fsp3) is 0.500. The smallest absolute Gasteiger partial charge is 0.0648 e. The minimum Gasteiger partial charge on any atom is -0.377 e. The Hall–Kier alpha value is -1.20. The normalized spacial score (nSPS) is 24.6. The van der Waals surface area contributed by atoms with Crippen LogP contribution in [0.5, 0.6) is 0 Å². The fourth-order valence-electron chi connectivity index (χ4n) is 0.885. The van der Waals surface area contributed by atoms with Crippen LogP contribution in [-0.2, 0) is 0 Å². The molecule has 0 saturated heterocycles. The van der Waals surface area contributed by atoms with Crippen molar-refractivity contribution < 1.29 is 0 Å². The molecule has 0 saturated carbocycles. The first-order chi connectivity index (χ1) is 6.50. The Morgan fingerprint density at radius 3 is 1.77 bits per heavy atom. The molecule has 5 N–H and O–H groups in total. The van der Waals surface area contributed by atoms with E-state index in [0.29, 0.717) is 0 Å². The van der Waals surface area contributed by atoms with E-state index in [1.807, 2.05) is 24.8 Å². The molecule has 13 heavy (non-hydrogen) atoms. The van der Waals surface area contributed by atoms with Crippen LogP contribution >= 0.6 is 0 Å². The molecule has 0 atom stereocenters. The lowest BCUT2D eigenvalue weighted by Gasteiger charge is -2.05. The van der Waals surface area contributed by atoms with Gasteiger partial charge in [-0.3, -0.25) is 10.6 Å². The van der Waals surface area contributed by atoms with Crippen LogP contribution in [0.3, 0.4) is 0 Å². The van der Waals surface area contributed by atoms with Gasteiger partial charge in [0, 0.05) is 37.9 Å². The summed E-state index contributed by atoms with van der Waals surface area (Å²) in [6.45, 7) is 3.49. The largest absolute Gasteiger partial charge is 0.377 e. The van der Waals surface area contributed by atoms with Crippen molar-refractivity contribution in [3.05, 3.63) is 24.8 Å². The zero-order valence-corrected chi connectivity index (χ0v) is 7.64. The van der Waals surface area contributed by atoms with Crippen LogP contribution in [0.25, 0.3) is 0 Å². The lowest BCUT2D eigenvalue weighted by molar-refractivity contribution is 0.583. The average Bonchev–Trinajstić information content (AvgIpc) is 2.18. The molecular weight excluding hydrogens is 166 g/mol. The average molecular weight is 183 g/mol. The number of hydrogen-bond acceptors (Lipinski definition) is 5. The summed E-state index contributed by atoms with van der Waals surface area (Å²) < 4.78 is 0. The summed E-state index contributed by atoms with van der Waals surface area (Å²) in [5, 5.41) is 15.6. The lowest BCUT2D eigenvalue weighted by atomic mass is 10.6. The second kappa shape index (κ2) is 7.45. The maximum Gasteiger partial charge on any atom is 0.0648 e. The van der Waals surface area contributed by atoms with E-state index in [2.05, 4.69) is 26.6 Å². The van der Waals surface area contributed by atoms with Gasteiger partial charge < -0.3 is 16.0 Å². The van der Waals surface area contributed by atoms with Crippen molar-refractivity contribution in [3.63, 3.8) is 0 Å². The highest BCUT2D eigenvalue weighted by Crippen LogP contribution is 1.66. The Bertz CT molecular complexity index is 148. The first-order valence-electron chi connectivity index (χ1n) is 4.44. The fourth-order valence-corrected chi connectivity index (χ4v) is 0.885. The molecule has 5 heteroatoms. The van der Waals surface area contributed by atoms with E-state index in [1.54, 1.807) is 0 Å². The van der Waals surface area contributed by atoms with Crippen LogP contribution in [0, 0.1) is 0 Å². The highest BCUT2D eigenvalue weighted by Gasteiger charge is 1.85. The van der Waals surface area contributed by atoms with E-state index >= 15 is 0 Å². The molecule has 1 rings (SSSR count). The summed E-state index contributed by atoms with van der Waals surface area (Å²) in [4.78, 5) is 0. The van der Waals surface area contributed by atoms with Gasteiger partial charge in [-0.15, -0.1) is 0 Å². The molecule has 0 unspecified atom stereocenters. The first kappa shape index (κ1) is 9.88. The molecule has 1 aliphatic rings. The molecule has 0 spiro atoms. The third-order valence-corrected chi connectivity index (χ3v) is 1.53. The Balaban J connectivity index is 2.18. The summed E-state index contributed by atoms with van der Waals surface area (Å²) in [5.41, 5.74) is 0. The predicted molar refractivity (Wildman–Crippen MR) is 53.4 cm³/mol. The maximum absolute atomic E-state index is 3.22. The molecule has 0 fully saturated rings. The van der Waals surface area contributed by atoms with Crippen LogP contribution < -0.4 is 26.6 Å². The molecule has 0 aliphatic carbocycles. The SMILES string of the molecule is C1=C\NCNCCNCN/C=C/N/1. The zero-order valence-electron chi connectivity index (χ0n) is 7.64. The van der Waals surface area contributed by atoms with E-state index in [0.717, 1.165) is 26.4 Å². The van der Waals surface area contributed by atoms with Gasteiger partial charge in [0.25, 0.3) is 0 Å². The summed E-state index contributed by atoms with van der Waals surface area (Å²) in [5.74, 6) is 0. The van der Waals surface area contributed by atoms with Crippen molar-refractivity contribution in [3.8, 4) is 0 Å². The number of nitrogens with one attached hydrogen (secondary N) is 5. The molecule has 74 valence electrons. The topological polar surface area (TPSA) is 60.1 Å². The number of hydrogen-bond donors (Lipinski definition) is 5. The van der Waals surface area contributed by atoms with Gasteiger partial charge in [0.05, 0.1) is 13.3 Å². The van der Waals surface area contributed by atoms with Gasteiger partial charge in [-0.2, -0.15) is 0 Å². The molecule has 1 heterocycles. The molecule has 0 amide bonds. The van der Waals surface area contributed by atoms with E-state index in [-0.39, 0.29) is 0 Å². The molecule has 0 aromatic carbocycles. The quantitative estimate of drug-likeness (QED) is 0.327. The molecular formula is C8H17N5. The molecule has 0 radical (unpaired) electrons. The minimum absolute atomic E-state index is 0.789. The Labute approximate surface area is 78.7 Å². The lowest BCUT2D eigenvalue weighted by Crippen LogP contribution is -2.35. The van der Waals surface area contributed by atoms with Crippen LogP contribution in [-0.4, -0.2) is 26.4 Å². The third kappa shape index (κ3) is 6.01. The van der Waals surface area contributed by atoms with Crippen LogP contribution in [0.4, 0.5) is 0 Å². The second-order valence-corrected chi connectivity index (χ2v) is 2.60. The van der Waals surface area contributed by atoms with E-state index in [4.69, 9.17) is 0 Å². The van der Waals surface area contributed by atoms with Gasteiger partial charge in [-0.1, -0.05) is 0 Å². The molecule has 5 nitrogen and oxygen atoms in total. The highest BCUT2D eigenvalue weighted by molar-refractivity contribution is 4.86. The summed E-state index contributed by atoms with van der Waals surface area (Å²) >= 11 is 0. The van der Waals surface area contributed by atoms with Crippen molar-refractivity contribution in [1.29, 1.82) is 0 Å². The molecule has 0 bridgehead atoms. The van der Waals surface area contributed by atoms with Gasteiger partial charge in [-0.05, 0) is 0 Å². The van der Waals surface area contributed by atoms with Gasteiger partial charge in [-0.25, -0.2) is 0 Å². The second-order valence-electron chi connectivity index (χ2n) is 2.60. The van der Waals surface area contributed by atoms with Gasteiger partial charge in [0.1, 0.15) is 0 Å². The van der Waals surface area contributed by atoms with Gasteiger partial charge in [0.15, 0.2) is 0 Å².